The van der Waals surface area contributed by atoms with Crippen LogP contribution in [0.1, 0.15) is 19.8 Å². The summed E-state index contributed by atoms with van der Waals surface area (Å²) in [6, 6.07) is 9.82. The van der Waals surface area contributed by atoms with Gasteiger partial charge in [0.2, 0.25) is 5.89 Å². The number of hydrogen-bond donors (Lipinski definition) is 0. The van der Waals surface area contributed by atoms with Gasteiger partial charge in [0.05, 0.1) is 0 Å². The predicted octanol–water partition coefficient (Wildman–Crippen LogP) is 4.28. The van der Waals surface area contributed by atoms with Crippen molar-refractivity contribution in [2.75, 3.05) is 5.75 Å². The molecule has 0 unspecified atom stereocenters. The Hall–Kier alpha value is -0.940. The number of nitrogens with zero attached hydrogens (tertiary/aromatic N) is 2. The third-order valence-electron chi connectivity index (χ3n) is 2.14. The Labute approximate surface area is 109 Å². The van der Waals surface area contributed by atoms with Gasteiger partial charge in [0, 0.05) is 22.1 Å². The largest absolute Gasteiger partial charge is 0.411 e. The summed E-state index contributed by atoms with van der Waals surface area (Å²) in [4.78, 5) is 0. The van der Waals surface area contributed by atoms with Crippen LogP contribution in [0.25, 0.3) is 11.5 Å². The van der Waals surface area contributed by atoms with Crippen molar-refractivity contribution in [2.45, 2.75) is 25.0 Å². The Morgan fingerprint density at radius 3 is 2.76 bits per heavy atom. The fraction of sp³-hybridized carbons (Fsp3) is 0.333. The molecule has 0 saturated carbocycles. The number of unbranched alkanes of at least 4 members (excludes halogenated alkanes) is 1. The molecule has 17 heavy (non-hydrogen) atoms. The molecule has 0 aliphatic heterocycles. The van der Waals surface area contributed by atoms with Gasteiger partial charge in [0.1, 0.15) is 0 Å². The zero-order valence-corrected chi connectivity index (χ0v) is 11.3. The molecular formula is C12H14N2OS2. The summed E-state index contributed by atoms with van der Waals surface area (Å²) in [6.45, 7) is 2.19. The van der Waals surface area contributed by atoms with E-state index in [1.54, 1.807) is 21.6 Å². The third kappa shape index (κ3) is 3.78. The molecule has 0 aliphatic rings. The van der Waals surface area contributed by atoms with Crippen LogP contribution >= 0.6 is 21.6 Å². The van der Waals surface area contributed by atoms with Gasteiger partial charge in [-0.3, -0.25) is 0 Å². The van der Waals surface area contributed by atoms with Crippen LogP contribution in [0.15, 0.2) is 40.0 Å². The Kier molecular flexibility index (Phi) is 4.94. The number of hydrogen-bond acceptors (Lipinski definition) is 5. The molecule has 5 heteroatoms. The molecule has 0 amide bonds. The molecule has 1 aromatic heterocycles. The molecule has 1 heterocycles. The first-order chi connectivity index (χ1) is 8.40. The van der Waals surface area contributed by atoms with Gasteiger partial charge in [-0.25, -0.2) is 0 Å². The lowest BCUT2D eigenvalue weighted by atomic mass is 10.2. The first-order valence-corrected chi connectivity index (χ1v) is 7.90. The second kappa shape index (κ2) is 6.71. The highest BCUT2D eigenvalue weighted by Crippen LogP contribution is 2.32. The highest BCUT2D eigenvalue weighted by molar-refractivity contribution is 8.76. The second-order valence-electron chi connectivity index (χ2n) is 3.50. The van der Waals surface area contributed by atoms with Crippen molar-refractivity contribution < 1.29 is 4.42 Å². The number of rotatable bonds is 6. The van der Waals surface area contributed by atoms with Crippen molar-refractivity contribution in [3.05, 3.63) is 30.3 Å². The lowest BCUT2D eigenvalue weighted by Crippen LogP contribution is -1.75. The molecule has 2 rings (SSSR count). The van der Waals surface area contributed by atoms with Crippen LogP contribution in [0.4, 0.5) is 0 Å². The second-order valence-corrected chi connectivity index (χ2v) is 5.86. The molecule has 0 saturated heterocycles. The quantitative estimate of drug-likeness (QED) is 0.576. The smallest absolute Gasteiger partial charge is 0.287 e. The average Bonchev–Trinajstić information content (AvgIpc) is 2.85. The van der Waals surface area contributed by atoms with Crippen molar-refractivity contribution in [2.24, 2.45) is 0 Å². The van der Waals surface area contributed by atoms with Gasteiger partial charge in [-0.2, -0.15) is 0 Å². The van der Waals surface area contributed by atoms with Crippen molar-refractivity contribution in [3.63, 3.8) is 0 Å². The fourth-order valence-electron chi connectivity index (χ4n) is 1.24. The predicted molar refractivity (Wildman–Crippen MR) is 73.0 cm³/mol. The molecule has 0 atom stereocenters. The van der Waals surface area contributed by atoms with E-state index in [-0.39, 0.29) is 0 Å². The van der Waals surface area contributed by atoms with Gasteiger partial charge in [0.15, 0.2) is 0 Å². The zero-order valence-electron chi connectivity index (χ0n) is 9.63. The fourth-order valence-corrected chi connectivity index (χ4v) is 3.12. The summed E-state index contributed by atoms with van der Waals surface area (Å²) in [6.07, 6.45) is 2.43. The van der Waals surface area contributed by atoms with E-state index in [0.717, 1.165) is 11.3 Å². The summed E-state index contributed by atoms with van der Waals surface area (Å²) in [5.41, 5.74) is 0.963. The first kappa shape index (κ1) is 12.5. The number of aromatic nitrogens is 2. The molecule has 0 fully saturated rings. The molecule has 0 aliphatic carbocycles. The van der Waals surface area contributed by atoms with Crippen LogP contribution in [-0.4, -0.2) is 16.0 Å². The normalized spacial score (nSPS) is 10.6. The molecule has 0 bridgehead atoms. The van der Waals surface area contributed by atoms with Gasteiger partial charge in [0.25, 0.3) is 5.22 Å². The maximum absolute atomic E-state index is 5.57. The van der Waals surface area contributed by atoms with Crippen LogP contribution in [0.2, 0.25) is 0 Å². The lowest BCUT2D eigenvalue weighted by Gasteiger charge is -1.94. The monoisotopic (exact) mass is 266 g/mol. The van der Waals surface area contributed by atoms with E-state index in [0.29, 0.717) is 11.1 Å². The zero-order chi connectivity index (χ0) is 11.9. The Balaban J connectivity index is 1.92. The molecule has 1 aromatic carbocycles. The maximum atomic E-state index is 5.57. The van der Waals surface area contributed by atoms with E-state index in [4.69, 9.17) is 4.42 Å². The Bertz CT molecular complexity index is 445. The molecule has 90 valence electrons. The topological polar surface area (TPSA) is 38.9 Å². The highest BCUT2D eigenvalue weighted by atomic mass is 33.1. The van der Waals surface area contributed by atoms with E-state index in [2.05, 4.69) is 17.1 Å². The summed E-state index contributed by atoms with van der Waals surface area (Å²) in [5, 5.41) is 8.68. The first-order valence-electron chi connectivity index (χ1n) is 5.58. The van der Waals surface area contributed by atoms with Crippen molar-refractivity contribution in [1.82, 2.24) is 10.2 Å². The van der Waals surface area contributed by atoms with E-state index in [1.807, 2.05) is 30.3 Å². The Morgan fingerprint density at radius 1 is 1.18 bits per heavy atom. The van der Waals surface area contributed by atoms with Gasteiger partial charge in [-0.1, -0.05) is 47.4 Å². The molecule has 2 aromatic rings. The van der Waals surface area contributed by atoms with Crippen molar-refractivity contribution >= 4 is 21.6 Å². The number of benzene rings is 1. The summed E-state index contributed by atoms with van der Waals surface area (Å²) in [7, 11) is 3.31. The standard InChI is InChI=1S/C12H14N2OS2/c1-2-3-9-16-17-12-14-13-11(15-12)10-7-5-4-6-8-10/h4-8H,2-3,9H2,1H3. The van der Waals surface area contributed by atoms with Crippen molar-refractivity contribution in [3.8, 4) is 11.5 Å². The SMILES string of the molecule is CCCCSSc1nnc(-c2ccccc2)o1. The van der Waals surface area contributed by atoms with Crippen molar-refractivity contribution in [1.29, 1.82) is 0 Å². The summed E-state index contributed by atoms with van der Waals surface area (Å²) < 4.78 is 5.57. The molecule has 3 nitrogen and oxygen atoms in total. The highest BCUT2D eigenvalue weighted by Gasteiger charge is 2.08. The van der Waals surface area contributed by atoms with Gasteiger partial charge < -0.3 is 4.42 Å². The molecular weight excluding hydrogens is 252 g/mol. The summed E-state index contributed by atoms with van der Waals surface area (Å²) >= 11 is 0. The maximum Gasteiger partial charge on any atom is 0.287 e. The minimum absolute atomic E-state index is 0.587. The van der Waals surface area contributed by atoms with Crippen LogP contribution in [0.3, 0.4) is 0 Å². The van der Waals surface area contributed by atoms with Crippen LogP contribution in [0.5, 0.6) is 0 Å². The lowest BCUT2D eigenvalue weighted by molar-refractivity contribution is 0.467. The van der Waals surface area contributed by atoms with Gasteiger partial charge in [-0.15, -0.1) is 5.10 Å². The third-order valence-corrected chi connectivity index (χ3v) is 4.30. The van der Waals surface area contributed by atoms with E-state index in [9.17, 15) is 0 Å². The van der Waals surface area contributed by atoms with E-state index >= 15 is 0 Å². The molecule has 0 N–H and O–H groups in total. The molecule has 0 spiro atoms. The van der Waals surface area contributed by atoms with Crippen LogP contribution in [-0.2, 0) is 0 Å². The average molecular weight is 266 g/mol. The minimum Gasteiger partial charge on any atom is -0.411 e. The van der Waals surface area contributed by atoms with E-state index < -0.39 is 0 Å². The molecule has 0 radical (unpaired) electrons. The van der Waals surface area contributed by atoms with Gasteiger partial charge >= 0.3 is 0 Å². The van der Waals surface area contributed by atoms with Gasteiger partial charge in [-0.05, 0) is 18.6 Å². The van der Waals surface area contributed by atoms with Crippen LogP contribution < -0.4 is 0 Å². The minimum atomic E-state index is 0.587. The Morgan fingerprint density at radius 2 is 2.00 bits per heavy atom. The van der Waals surface area contributed by atoms with Crippen LogP contribution in [0, 0.1) is 0 Å². The summed E-state index contributed by atoms with van der Waals surface area (Å²) in [5.74, 6) is 1.70. The van der Waals surface area contributed by atoms with E-state index in [1.165, 1.54) is 12.8 Å².